The molecule has 2 heterocycles. The van der Waals surface area contributed by atoms with Gasteiger partial charge in [0.05, 0.1) is 24.5 Å². The highest BCUT2D eigenvalue weighted by molar-refractivity contribution is 5.83. The molecule has 2 N–H and O–H groups in total. The van der Waals surface area contributed by atoms with E-state index < -0.39 is 0 Å². The third kappa shape index (κ3) is 4.47. The van der Waals surface area contributed by atoms with Crippen LogP contribution in [0.1, 0.15) is 39.5 Å². The third-order valence-electron chi connectivity index (χ3n) is 5.11. The fourth-order valence-corrected chi connectivity index (χ4v) is 3.64. The van der Waals surface area contributed by atoms with Crippen molar-refractivity contribution in [1.82, 2.24) is 9.80 Å². The van der Waals surface area contributed by atoms with Crippen LogP contribution in [0.4, 0.5) is 0 Å². The van der Waals surface area contributed by atoms with E-state index in [0.717, 1.165) is 32.2 Å². The molecule has 2 aliphatic rings. The summed E-state index contributed by atoms with van der Waals surface area (Å²) in [6.45, 7) is 6.50. The van der Waals surface area contributed by atoms with Crippen molar-refractivity contribution >= 4 is 17.8 Å². The molecule has 0 aromatic rings. The minimum absolute atomic E-state index is 0.0189. The molecule has 2 rings (SSSR count). The minimum atomic E-state index is -0.333. The molecule has 2 fully saturated rings. The number of carbonyl (C=O) groups excluding carboxylic acids is 3. The zero-order valence-electron chi connectivity index (χ0n) is 14.7. The van der Waals surface area contributed by atoms with Crippen LogP contribution in [0.5, 0.6) is 0 Å². The molecule has 0 bridgehead atoms. The maximum atomic E-state index is 12.8. The molecule has 136 valence electrons. The van der Waals surface area contributed by atoms with Gasteiger partial charge < -0.3 is 15.4 Å². The summed E-state index contributed by atoms with van der Waals surface area (Å²) in [6.07, 6.45) is 3.24. The maximum absolute atomic E-state index is 12.8. The number of amides is 2. The fraction of sp³-hybridized carbons (Fsp3) is 0.824. The van der Waals surface area contributed by atoms with Crippen molar-refractivity contribution in [1.29, 1.82) is 0 Å². The number of piperidine rings is 2. The summed E-state index contributed by atoms with van der Waals surface area (Å²) in [4.78, 5) is 39.9. The van der Waals surface area contributed by atoms with Crippen LogP contribution >= 0.6 is 0 Å². The molecule has 7 nitrogen and oxygen atoms in total. The third-order valence-corrected chi connectivity index (χ3v) is 5.11. The largest absolute Gasteiger partial charge is 0.466 e. The topological polar surface area (TPSA) is 92.9 Å². The molecular weight excluding hydrogens is 310 g/mol. The van der Waals surface area contributed by atoms with Crippen LogP contribution in [0.25, 0.3) is 0 Å². The van der Waals surface area contributed by atoms with E-state index in [1.165, 1.54) is 0 Å². The lowest BCUT2D eigenvalue weighted by atomic mass is 9.95. The van der Waals surface area contributed by atoms with Gasteiger partial charge in [0.2, 0.25) is 11.8 Å². The van der Waals surface area contributed by atoms with Gasteiger partial charge in [-0.05, 0) is 46.1 Å². The van der Waals surface area contributed by atoms with Gasteiger partial charge in [-0.25, -0.2) is 0 Å². The second-order valence-electron chi connectivity index (χ2n) is 6.79. The van der Waals surface area contributed by atoms with Crippen LogP contribution in [0.3, 0.4) is 0 Å². The average molecular weight is 339 g/mol. The first-order valence-corrected chi connectivity index (χ1v) is 8.92. The van der Waals surface area contributed by atoms with Crippen molar-refractivity contribution in [3.63, 3.8) is 0 Å². The second kappa shape index (κ2) is 8.46. The molecule has 3 atom stereocenters. The summed E-state index contributed by atoms with van der Waals surface area (Å²) in [5.41, 5.74) is 5.39. The first-order chi connectivity index (χ1) is 11.4. The van der Waals surface area contributed by atoms with Crippen LogP contribution in [0, 0.1) is 11.8 Å². The Labute approximate surface area is 143 Å². The van der Waals surface area contributed by atoms with Gasteiger partial charge in [-0.3, -0.25) is 19.3 Å². The molecule has 0 saturated carbocycles. The van der Waals surface area contributed by atoms with Crippen LogP contribution in [0.15, 0.2) is 0 Å². The van der Waals surface area contributed by atoms with Gasteiger partial charge in [0.1, 0.15) is 0 Å². The van der Waals surface area contributed by atoms with E-state index >= 15 is 0 Å². The molecule has 2 amide bonds. The number of nitrogens with two attached hydrogens (primary N) is 1. The zero-order valence-corrected chi connectivity index (χ0v) is 14.7. The number of hydrogen-bond acceptors (Lipinski definition) is 5. The first-order valence-electron chi connectivity index (χ1n) is 8.92. The average Bonchev–Trinajstić information content (AvgIpc) is 2.60. The van der Waals surface area contributed by atoms with Gasteiger partial charge in [-0.2, -0.15) is 0 Å². The molecule has 0 radical (unpaired) electrons. The molecule has 0 aliphatic carbocycles. The highest BCUT2D eigenvalue weighted by atomic mass is 16.5. The molecule has 0 spiro atoms. The Morgan fingerprint density at radius 2 is 1.79 bits per heavy atom. The van der Waals surface area contributed by atoms with Gasteiger partial charge in [0, 0.05) is 19.6 Å². The molecule has 7 heteroatoms. The lowest BCUT2D eigenvalue weighted by Crippen LogP contribution is -2.54. The van der Waals surface area contributed by atoms with Gasteiger partial charge in [0.15, 0.2) is 0 Å². The molecule has 0 aromatic carbocycles. The number of ether oxygens (including phenoxy) is 1. The van der Waals surface area contributed by atoms with Gasteiger partial charge >= 0.3 is 5.97 Å². The zero-order chi connectivity index (χ0) is 17.7. The summed E-state index contributed by atoms with van der Waals surface area (Å²) in [5.74, 6) is -0.892. The quantitative estimate of drug-likeness (QED) is 0.731. The number of likely N-dealkylation sites (tertiary alicyclic amines) is 2. The van der Waals surface area contributed by atoms with E-state index in [9.17, 15) is 14.4 Å². The Hall–Kier alpha value is -1.63. The minimum Gasteiger partial charge on any atom is -0.466 e. The smallest absolute Gasteiger partial charge is 0.310 e. The number of rotatable bonds is 5. The molecule has 24 heavy (non-hydrogen) atoms. The first kappa shape index (κ1) is 18.7. The van der Waals surface area contributed by atoms with Crippen molar-refractivity contribution in [2.45, 2.75) is 45.6 Å². The number of carbonyl (C=O) groups is 3. The van der Waals surface area contributed by atoms with Crippen LogP contribution in [0.2, 0.25) is 0 Å². The van der Waals surface area contributed by atoms with Crippen molar-refractivity contribution in [3.05, 3.63) is 0 Å². The number of primary amides is 1. The molecule has 2 saturated heterocycles. The summed E-state index contributed by atoms with van der Waals surface area (Å²) in [5, 5.41) is 0. The Bertz CT molecular complexity index is 482. The SMILES string of the molecule is CCOC(=O)[C@@H]1CCCN([C@H](C)C(=O)N2CCC[C@H](C(N)=O)C2)C1. The molecular formula is C17H29N3O4. The van der Waals surface area contributed by atoms with Crippen LogP contribution in [-0.2, 0) is 19.1 Å². The van der Waals surface area contributed by atoms with Crippen LogP contribution < -0.4 is 5.73 Å². The van der Waals surface area contributed by atoms with E-state index in [0.29, 0.717) is 26.2 Å². The Balaban J connectivity index is 1.94. The molecule has 2 aliphatic heterocycles. The van der Waals surface area contributed by atoms with Gasteiger partial charge in [-0.15, -0.1) is 0 Å². The summed E-state index contributed by atoms with van der Waals surface area (Å²) < 4.78 is 5.11. The van der Waals surface area contributed by atoms with Crippen LogP contribution in [-0.4, -0.2) is 66.4 Å². The Morgan fingerprint density at radius 3 is 2.46 bits per heavy atom. The van der Waals surface area contributed by atoms with E-state index in [1.807, 2.05) is 6.92 Å². The van der Waals surface area contributed by atoms with Crippen molar-refractivity contribution in [2.75, 3.05) is 32.8 Å². The van der Waals surface area contributed by atoms with Gasteiger partial charge in [-0.1, -0.05) is 0 Å². The summed E-state index contributed by atoms with van der Waals surface area (Å²) in [6, 6.07) is -0.297. The fourth-order valence-electron chi connectivity index (χ4n) is 3.64. The monoisotopic (exact) mass is 339 g/mol. The van der Waals surface area contributed by atoms with E-state index in [-0.39, 0.29) is 35.7 Å². The standard InChI is InChI=1S/C17H29N3O4/c1-3-24-17(23)14-7-5-8-19(11-14)12(2)16(22)20-9-4-6-13(10-20)15(18)21/h12-14H,3-11H2,1-2H3,(H2,18,21)/t12-,13+,14-/m1/s1. The molecule has 0 aromatic heterocycles. The number of hydrogen-bond donors (Lipinski definition) is 1. The van der Waals surface area contributed by atoms with Gasteiger partial charge in [0.25, 0.3) is 0 Å². The number of nitrogens with zero attached hydrogens (tertiary/aromatic N) is 2. The van der Waals surface area contributed by atoms with E-state index in [2.05, 4.69) is 4.90 Å². The highest BCUT2D eigenvalue weighted by Gasteiger charge is 2.35. The normalized spacial score (nSPS) is 26.7. The number of esters is 1. The lowest BCUT2D eigenvalue weighted by Gasteiger charge is -2.39. The van der Waals surface area contributed by atoms with E-state index in [4.69, 9.17) is 10.5 Å². The Morgan fingerprint density at radius 1 is 1.12 bits per heavy atom. The summed E-state index contributed by atoms with van der Waals surface area (Å²) in [7, 11) is 0. The maximum Gasteiger partial charge on any atom is 0.310 e. The van der Waals surface area contributed by atoms with Crippen molar-refractivity contribution < 1.29 is 19.1 Å². The summed E-state index contributed by atoms with van der Waals surface area (Å²) >= 11 is 0. The predicted molar refractivity (Wildman–Crippen MR) is 88.9 cm³/mol. The van der Waals surface area contributed by atoms with Crippen molar-refractivity contribution in [2.24, 2.45) is 17.6 Å². The second-order valence-corrected chi connectivity index (χ2v) is 6.79. The molecule has 0 unspecified atom stereocenters. The van der Waals surface area contributed by atoms with E-state index in [1.54, 1.807) is 11.8 Å². The van der Waals surface area contributed by atoms with Crippen molar-refractivity contribution in [3.8, 4) is 0 Å². The highest BCUT2D eigenvalue weighted by Crippen LogP contribution is 2.22. The Kier molecular flexibility index (Phi) is 6.60. The lowest BCUT2D eigenvalue weighted by molar-refractivity contribution is -0.152. The predicted octanol–water partition coefficient (Wildman–Crippen LogP) is 0.374.